The summed E-state index contributed by atoms with van der Waals surface area (Å²) in [4.78, 5) is 0. The summed E-state index contributed by atoms with van der Waals surface area (Å²) in [6.45, 7) is 9.30. The molecule has 0 amide bonds. The molecule has 1 aliphatic carbocycles. The largest absolute Gasteiger partial charge is 0.0629 e. The number of hydrogen-bond donors (Lipinski definition) is 0. The van der Waals surface area contributed by atoms with Gasteiger partial charge in [0.25, 0.3) is 0 Å². The molecule has 0 radical (unpaired) electrons. The molecule has 0 aromatic heterocycles. The van der Waals surface area contributed by atoms with Gasteiger partial charge in [0.2, 0.25) is 0 Å². The Morgan fingerprint density at radius 3 is 1.26 bits per heavy atom. The zero-order chi connectivity index (χ0) is 46.4. The Balaban J connectivity index is 1.43. The molecule has 0 heterocycles. The van der Waals surface area contributed by atoms with Crippen molar-refractivity contribution in [2.45, 2.75) is 51.4 Å². The highest BCUT2D eigenvalue weighted by Crippen LogP contribution is 2.52. The standard InChI is InChI=1S/C58H48/c1-57(2)34-35-58(3,4)53-38-42(32-33-52(53)57)54-50(40-22-10-6-11-23-40)36-43(37-51(54)41-24-12-7-13-25-41)55-46-28-16-18-30-48(46)56(49-31-19-17-29-47(49)55)45-27-15-14-26-44(45)39-20-8-5-9-21-39/h5-33,36-38H,34-35H2,1-4H3/i16D,17D,18D,19D,28D,29D,30D,31D. The van der Waals surface area contributed by atoms with Crippen molar-refractivity contribution in [1.29, 1.82) is 0 Å². The molecule has 9 aromatic rings. The Bertz CT molecular complexity index is 3290. The van der Waals surface area contributed by atoms with Crippen molar-refractivity contribution in [2.75, 3.05) is 0 Å². The first-order valence-electron chi connectivity index (χ1n) is 24.2. The van der Waals surface area contributed by atoms with Crippen molar-refractivity contribution < 1.29 is 11.0 Å². The van der Waals surface area contributed by atoms with E-state index in [1.54, 1.807) is 0 Å². The second-order valence-electron chi connectivity index (χ2n) is 16.9. The van der Waals surface area contributed by atoms with Crippen molar-refractivity contribution in [2.24, 2.45) is 0 Å². The van der Waals surface area contributed by atoms with Crippen LogP contribution in [0.25, 0.3) is 88.3 Å². The summed E-state index contributed by atoms with van der Waals surface area (Å²) < 4.78 is 75.4. The van der Waals surface area contributed by atoms with Gasteiger partial charge in [-0.15, -0.1) is 0 Å². The molecule has 58 heavy (non-hydrogen) atoms. The minimum Gasteiger partial charge on any atom is -0.0622 e. The Morgan fingerprint density at radius 1 is 0.345 bits per heavy atom. The predicted octanol–water partition coefficient (Wildman–Crippen LogP) is 16.3. The summed E-state index contributed by atoms with van der Waals surface area (Å²) in [5, 5.41) is 0.728. The summed E-state index contributed by atoms with van der Waals surface area (Å²) in [6.07, 6.45) is 2.14. The van der Waals surface area contributed by atoms with E-state index in [-0.39, 0.29) is 56.5 Å². The van der Waals surface area contributed by atoms with Gasteiger partial charge >= 0.3 is 0 Å². The fraction of sp³-hybridized carbons (Fsp3) is 0.138. The lowest BCUT2D eigenvalue weighted by Crippen LogP contribution is -2.33. The molecule has 0 heteroatoms. The lowest BCUT2D eigenvalue weighted by molar-refractivity contribution is 0.332. The summed E-state index contributed by atoms with van der Waals surface area (Å²) in [7, 11) is 0. The highest BCUT2D eigenvalue weighted by Gasteiger charge is 2.37. The maximum atomic E-state index is 9.78. The minimum atomic E-state index is -0.431. The average molecular weight is 753 g/mol. The summed E-state index contributed by atoms with van der Waals surface area (Å²) in [5.74, 6) is 0. The van der Waals surface area contributed by atoms with Gasteiger partial charge in [-0.1, -0.05) is 209 Å². The molecule has 0 bridgehead atoms. The first kappa shape index (κ1) is 28.0. The van der Waals surface area contributed by atoms with E-state index in [4.69, 9.17) is 5.48 Å². The molecule has 0 aliphatic heterocycles. The Morgan fingerprint density at radius 2 is 0.759 bits per heavy atom. The van der Waals surface area contributed by atoms with Crippen molar-refractivity contribution in [3.63, 3.8) is 0 Å². The lowest BCUT2D eigenvalue weighted by Gasteiger charge is -2.42. The lowest BCUT2D eigenvalue weighted by atomic mass is 9.62. The number of fused-ring (bicyclic) bond motifs is 3. The average Bonchev–Trinajstić information content (AvgIpc) is 3.34. The third kappa shape index (κ3) is 6.07. The predicted molar refractivity (Wildman–Crippen MR) is 249 cm³/mol. The van der Waals surface area contributed by atoms with E-state index in [9.17, 15) is 5.48 Å². The zero-order valence-electron chi connectivity index (χ0n) is 41.3. The molecule has 0 spiro atoms. The van der Waals surface area contributed by atoms with E-state index >= 15 is 0 Å². The second-order valence-corrected chi connectivity index (χ2v) is 16.9. The molecule has 0 fully saturated rings. The molecular weight excluding hydrogens is 697 g/mol. The van der Waals surface area contributed by atoms with Crippen LogP contribution in [0.4, 0.5) is 0 Å². The van der Waals surface area contributed by atoms with Gasteiger partial charge in [-0.3, -0.25) is 0 Å². The molecule has 1 aliphatic rings. The van der Waals surface area contributed by atoms with E-state index in [1.165, 1.54) is 11.1 Å². The number of rotatable bonds is 6. The van der Waals surface area contributed by atoms with Crippen LogP contribution in [0.1, 0.15) is 62.6 Å². The maximum Gasteiger partial charge on any atom is 0.0629 e. The molecule has 0 saturated heterocycles. The summed E-state index contributed by atoms with van der Waals surface area (Å²) in [6, 6.07) is 45.6. The highest BCUT2D eigenvalue weighted by atomic mass is 14.4. The van der Waals surface area contributed by atoms with Gasteiger partial charge in [0.05, 0.1) is 11.0 Å². The van der Waals surface area contributed by atoms with Gasteiger partial charge in [0.1, 0.15) is 0 Å². The van der Waals surface area contributed by atoms with Crippen LogP contribution in [0.2, 0.25) is 0 Å². The van der Waals surface area contributed by atoms with Crippen LogP contribution < -0.4 is 0 Å². The number of hydrogen-bond acceptors (Lipinski definition) is 0. The van der Waals surface area contributed by atoms with Crippen LogP contribution in [-0.2, 0) is 10.8 Å². The Labute approximate surface area is 354 Å². The fourth-order valence-electron chi connectivity index (χ4n) is 9.29. The van der Waals surface area contributed by atoms with Gasteiger partial charge < -0.3 is 0 Å². The van der Waals surface area contributed by atoms with Crippen LogP contribution in [0.5, 0.6) is 0 Å². The minimum absolute atomic E-state index is 0.00815. The van der Waals surface area contributed by atoms with E-state index in [0.29, 0.717) is 22.3 Å². The molecule has 0 atom stereocenters. The van der Waals surface area contributed by atoms with Gasteiger partial charge in [0.15, 0.2) is 0 Å². The SMILES string of the molecule is [2H]c1c([2H])c([2H])c2c(-c3ccccc3-c3ccccc3)c3c([2H])c([2H])c([2H])c([2H])c3c(-c3cc(-c4ccccc4)c(-c4ccc5c(c4)C(C)(C)CCC5(C)C)c(-c4ccccc4)c3)c2c1[2H]. The van der Waals surface area contributed by atoms with Crippen molar-refractivity contribution in [1.82, 2.24) is 0 Å². The topological polar surface area (TPSA) is 0 Å². The van der Waals surface area contributed by atoms with Crippen molar-refractivity contribution in [3.05, 3.63) is 205 Å². The quantitative estimate of drug-likeness (QED) is 0.148. The van der Waals surface area contributed by atoms with Crippen LogP contribution in [0.3, 0.4) is 0 Å². The number of benzene rings is 9. The summed E-state index contributed by atoms with van der Waals surface area (Å²) >= 11 is 0. The monoisotopic (exact) mass is 752 g/mol. The maximum absolute atomic E-state index is 9.78. The molecule has 0 unspecified atom stereocenters. The first-order valence-corrected chi connectivity index (χ1v) is 20.2. The smallest absolute Gasteiger partial charge is 0.0622 e. The van der Waals surface area contributed by atoms with E-state index in [2.05, 4.69) is 82.3 Å². The molecule has 0 saturated carbocycles. The Kier molecular flexibility index (Phi) is 6.83. The first-order chi connectivity index (χ1) is 31.6. The molecule has 280 valence electrons. The van der Waals surface area contributed by atoms with Gasteiger partial charge in [0, 0.05) is 0 Å². The van der Waals surface area contributed by atoms with Crippen LogP contribution in [-0.4, -0.2) is 0 Å². The normalized spacial score (nSPS) is 16.3. The second kappa shape index (κ2) is 14.2. The molecule has 0 N–H and O–H groups in total. The molecule has 10 rings (SSSR count). The summed E-state index contributed by atoms with van der Waals surface area (Å²) in [5.41, 5.74) is 11.6. The van der Waals surface area contributed by atoms with Crippen LogP contribution in [0, 0.1) is 0 Å². The van der Waals surface area contributed by atoms with Gasteiger partial charge in [-0.2, -0.15) is 0 Å². The van der Waals surface area contributed by atoms with Crippen molar-refractivity contribution >= 4 is 21.5 Å². The molecule has 9 aromatic carbocycles. The fourth-order valence-corrected chi connectivity index (χ4v) is 9.29. The highest BCUT2D eigenvalue weighted by molar-refractivity contribution is 6.23. The van der Waals surface area contributed by atoms with Crippen molar-refractivity contribution in [3.8, 4) is 66.8 Å². The molecular formula is C58H48. The Hall–Kier alpha value is -6.50. The third-order valence-electron chi connectivity index (χ3n) is 12.4. The van der Waals surface area contributed by atoms with Crippen LogP contribution >= 0.6 is 0 Å². The van der Waals surface area contributed by atoms with Gasteiger partial charge in [-0.25, -0.2) is 0 Å². The van der Waals surface area contributed by atoms with E-state index < -0.39 is 24.2 Å². The zero-order valence-corrected chi connectivity index (χ0v) is 33.3. The van der Waals surface area contributed by atoms with Gasteiger partial charge in [-0.05, 0) is 135 Å². The van der Waals surface area contributed by atoms with Crippen LogP contribution in [0.15, 0.2) is 194 Å². The third-order valence-corrected chi connectivity index (χ3v) is 12.4. The van der Waals surface area contributed by atoms with E-state index in [1.807, 2.05) is 91.0 Å². The molecule has 0 nitrogen and oxygen atoms in total. The van der Waals surface area contributed by atoms with E-state index in [0.717, 1.165) is 57.3 Å².